The summed E-state index contributed by atoms with van der Waals surface area (Å²) in [7, 11) is 0. The zero-order valence-corrected chi connectivity index (χ0v) is 16.5. The Morgan fingerprint density at radius 1 is 0.875 bits per heavy atom. The summed E-state index contributed by atoms with van der Waals surface area (Å²) >= 11 is 0. The van der Waals surface area contributed by atoms with E-state index in [0.717, 1.165) is 12.1 Å². The molecule has 0 aliphatic heterocycles. The summed E-state index contributed by atoms with van der Waals surface area (Å²) in [6.07, 6.45) is -3.08. The molecule has 0 unspecified atom stereocenters. The molecule has 0 fully saturated rings. The van der Waals surface area contributed by atoms with Crippen LogP contribution in [-0.2, 0) is 17.5 Å². The summed E-state index contributed by atoms with van der Waals surface area (Å²) in [5, 5.41) is 2.98. The second-order valence-corrected chi connectivity index (χ2v) is 7.12. The monoisotopic (exact) mass is 440 g/mol. The minimum absolute atomic E-state index is 0.00365. The largest absolute Gasteiger partial charge is 0.416 e. The van der Waals surface area contributed by atoms with Gasteiger partial charge in [-0.25, -0.2) is 4.39 Å². The molecule has 162 valence electrons. The van der Waals surface area contributed by atoms with Gasteiger partial charge >= 0.3 is 6.18 Å². The molecule has 1 aromatic heterocycles. The molecule has 0 saturated heterocycles. The van der Waals surface area contributed by atoms with Crippen molar-refractivity contribution in [2.24, 2.45) is 0 Å². The Bertz CT molecular complexity index is 1330. The van der Waals surface area contributed by atoms with Gasteiger partial charge in [0.15, 0.2) is 5.78 Å². The van der Waals surface area contributed by atoms with E-state index < -0.39 is 29.2 Å². The lowest BCUT2D eigenvalue weighted by molar-refractivity contribution is -0.137. The Kier molecular flexibility index (Phi) is 5.52. The minimum Gasteiger partial charge on any atom is -0.337 e. The number of benzene rings is 3. The number of aromatic nitrogens is 1. The van der Waals surface area contributed by atoms with Gasteiger partial charge in [0.05, 0.1) is 11.1 Å². The normalized spacial score (nSPS) is 11.5. The van der Waals surface area contributed by atoms with Crippen molar-refractivity contribution in [3.05, 3.63) is 102 Å². The van der Waals surface area contributed by atoms with Crippen LogP contribution in [-0.4, -0.2) is 16.3 Å². The van der Waals surface area contributed by atoms with Crippen LogP contribution < -0.4 is 5.32 Å². The lowest BCUT2D eigenvalue weighted by Crippen LogP contribution is -2.18. The fourth-order valence-electron chi connectivity index (χ4n) is 3.48. The molecule has 0 aliphatic rings. The van der Waals surface area contributed by atoms with E-state index in [2.05, 4.69) is 5.32 Å². The van der Waals surface area contributed by atoms with Crippen molar-refractivity contribution in [3.63, 3.8) is 0 Å². The second-order valence-electron chi connectivity index (χ2n) is 7.12. The summed E-state index contributed by atoms with van der Waals surface area (Å²) in [4.78, 5) is 25.5. The van der Waals surface area contributed by atoms with Crippen LogP contribution in [0.1, 0.15) is 21.5 Å². The maximum Gasteiger partial charge on any atom is 0.416 e. The Balaban J connectivity index is 1.63. The van der Waals surface area contributed by atoms with Gasteiger partial charge < -0.3 is 9.88 Å². The van der Waals surface area contributed by atoms with Crippen LogP contribution in [0.2, 0.25) is 0 Å². The van der Waals surface area contributed by atoms with Crippen LogP contribution in [0.15, 0.2) is 79.0 Å². The van der Waals surface area contributed by atoms with Crippen LogP contribution in [0, 0.1) is 5.82 Å². The van der Waals surface area contributed by atoms with Gasteiger partial charge in [-0.05, 0) is 36.4 Å². The highest BCUT2D eigenvalue weighted by Crippen LogP contribution is 2.31. The molecule has 3 aromatic carbocycles. The van der Waals surface area contributed by atoms with Crippen LogP contribution >= 0.6 is 0 Å². The van der Waals surface area contributed by atoms with Crippen LogP contribution in [0.25, 0.3) is 10.9 Å². The zero-order chi connectivity index (χ0) is 22.9. The number of fused-ring (bicyclic) bond motifs is 1. The van der Waals surface area contributed by atoms with E-state index >= 15 is 0 Å². The quantitative estimate of drug-likeness (QED) is 0.321. The molecular formula is C24H16F4N2O2. The highest BCUT2D eigenvalue weighted by Gasteiger charge is 2.30. The predicted octanol–water partition coefficient (Wildman–Crippen LogP) is 5.67. The summed E-state index contributed by atoms with van der Waals surface area (Å²) in [5.41, 5.74) is -0.184. The van der Waals surface area contributed by atoms with Crippen molar-refractivity contribution < 1.29 is 27.2 Å². The Hall–Kier alpha value is -3.94. The number of alkyl halides is 3. The van der Waals surface area contributed by atoms with E-state index in [1.807, 2.05) is 0 Å². The standard InChI is InChI=1S/C24H16F4N2O2/c25-20-10-3-1-9-18(20)23(32)19-13-30(21-11-4-2-8-17(19)21)14-22(31)29-16-7-5-6-15(12-16)24(26,27)28/h1-13H,14H2,(H,29,31). The fraction of sp³-hybridized carbons (Fsp3) is 0.0833. The van der Waals surface area contributed by atoms with Gasteiger partial charge in [-0.1, -0.05) is 36.4 Å². The number of halogens is 4. The first kappa shape index (κ1) is 21.3. The summed E-state index contributed by atoms with van der Waals surface area (Å²) in [6.45, 7) is -0.249. The summed E-state index contributed by atoms with van der Waals surface area (Å²) in [6, 6.07) is 16.7. The van der Waals surface area contributed by atoms with Crippen molar-refractivity contribution >= 4 is 28.3 Å². The molecule has 4 rings (SSSR count). The van der Waals surface area contributed by atoms with Crippen LogP contribution in [0.3, 0.4) is 0 Å². The lowest BCUT2D eigenvalue weighted by Gasteiger charge is -2.10. The third kappa shape index (κ3) is 4.25. The molecule has 4 aromatic rings. The molecule has 1 heterocycles. The van der Waals surface area contributed by atoms with Gasteiger partial charge in [-0.3, -0.25) is 9.59 Å². The number of hydrogen-bond acceptors (Lipinski definition) is 2. The number of amides is 1. The Labute approximate surface area is 180 Å². The third-order valence-corrected chi connectivity index (χ3v) is 4.94. The minimum atomic E-state index is -4.53. The topological polar surface area (TPSA) is 51.1 Å². The molecule has 1 amide bonds. The molecule has 0 atom stereocenters. The van der Waals surface area contributed by atoms with Crippen molar-refractivity contribution in [2.45, 2.75) is 12.7 Å². The van der Waals surface area contributed by atoms with Gasteiger partial charge in [0, 0.05) is 28.4 Å². The molecule has 0 saturated carbocycles. The first-order valence-corrected chi connectivity index (χ1v) is 9.58. The maximum atomic E-state index is 14.1. The van der Waals surface area contributed by atoms with Crippen LogP contribution in [0.5, 0.6) is 0 Å². The number of hydrogen-bond donors (Lipinski definition) is 1. The van der Waals surface area contributed by atoms with Gasteiger partial charge in [-0.2, -0.15) is 13.2 Å². The lowest BCUT2D eigenvalue weighted by atomic mass is 10.0. The van der Waals surface area contributed by atoms with Gasteiger partial charge in [0.25, 0.3) is 0 Å². The molecule has 8 heteroatoms. The van der Waals surface area contributed by atoms with Gasteiger partial charge in [0.2, 0.25) is 5.91 Å². The molecule has 4 nitrogen and oxygen atoms in total. The average Bonchev–Trinajstić information content (AvgIpc) is 3.11. The Morgan fingerprint density at radius 3 is 2.34 bits per heavy atom. The molecule has 0 radical (unpaired) electrons. The third-order valence-electron chi connectivity index (χ3n) is 4.94. The van der Waals surface area contributed by atoms with Gasteiger partial charge in [0.1, 0.15) is 12.4 Å². The highest BCUT2D eigenvalue weighted by atomic mass is 19.4. The van der Waals surface area contributed by atoms with E-state index in [1.165, 1.54) is 41.1 Å². The average molecular weight is 440 g/mol. The highest BCUT2D eigenvalue weighted by molar-refractivity contribution is 6.16. The summed E-state index contributed by atoms with van der Waals surface area (Å²) in [5.74, 6) is -1.76. The number of carbonyl (C=O) groups excluding carboxylic acids is 2. The van der Waals surface area contributed by atoms with Crippen molar-refractivity contribution in [1.82, 2.24) is 4.57 Å². The Morgan fingerprint density at radius 2 is 1.59 bits per heavy atom. The van der Waals surface area contributed by atoms with E-state index in [-0.39, 0.29) is 23.4 Å². The molecular weight excluding hydrogens is 424 g/mol. The fourth-order valence-corrected chi connectivity index (χ4v) is 3.48. The summed E-state index contributed by atoms with van der Waals surface area (Å²) < 4.78 is 54.3. The number of nitrogens with zero attached hydrogens (tertiary/aromatic N) is 1. The predicted molar refractivity (Wildman–Crippen MR) is 112 cm³/mol. The van der Waals surface area contributed by atoms with Crippen molar-refractivity contribution in [2.75, 3.05) is 5.32 Å². The molecule has 0 spiro atoms. The smallest absolute Gasteiger partial charge is 0.337 e. The van der Waals surface area contributed by atoms with E-state index in [9.17, 15) is 27.2 Å². The van der Waals surface area contributed by atoms with Crippen molar-refractivity contribution in [1.29, 1.82) is 0 Å². The first-order valence-electron chi connectivity index (χ1n) is 9.58. The molecule has 1 N–H and O–H groups in total. The number of anilines is 1. The number of rotatable bonds is 5. The van der Waals surface area contributed by atoms with Gasteiger partial charge in [-0.15, -0.1) is 0 Å². The number of para-hydroxylation sites is 1. The number of carbonyl (C=O) groups is 2. The van der Waals surface area contributed by atoms with E-state index in [4.69, 9.17) is 0 Å². The van der Waals surface area contributed by atoms with Crippen molar-refractivity contribution in [3.8, 4) is 0 Å². The molecule has 0 bridgehead atoms. The maximum absolute atomic E-state index is 14.1. The molecule has 0 aliphatic carbocycles. The van der Waals surface area contributed by atoms with E-state index in [0.29, 0.717) is 10.9 Å². The first-order chi connectivity index (χ1) is 15.2. The zero-order valence-electron chi connectivity index (χ0n) is 16.5. The SMILES string of the molecule is O=C(Cn1cc(C(=O)c2ccccc2F)c2ccccc21)Nc1cccc(C(F)(F)F)c1. The number of ketones is 1. The second kappa shape index (κ2) is 8.30. The van der Waals surface area contributed by atoms with E-state index in [1.54, 1.807) is 30.3 Å². The molecule has 32 heavy (non-hydrogen) atoms. The number of nitrogens with one attached hydrogen (secondary N) is 1. The van der Waals surface area contributed by atoms with Crippen LogP contribution in [0.4, 0.5) is 23.2 Å².